The summed E-state index contributed by atoms with van der Waals surface area (Å²) in [5.74, 6) is -0.247. The molecule has 2 rings (SSSR count). The van der Waals surface area contributed by atoms with Gasteiger partial charge in [0, 0.05) is 17.3 Å². The molecule has 0 saturated heterocycles. The highest BCUT2D eigenvalue weighted by Gasteiger charge is 2.11. The van der Waals surface area contributed by atoms with E-state index in [2.05, 4.69) is 24.1 Å². The van der Waals surface area contributed by atoms with E-state index in [4.69, 9.17) is 23.2 Å². The van der Waals surface area contributed by atoms with Crippen LogP contribution in [0.3, 0.4) is 0 Å². The number of hydrogen-bond acceptors (Lipinski definition) is 2. The van der Waals surface area contributed by atoms with E-state index in [9.17, 15) is 4.79 Å². The second kappa shape index (κ2) is 8.34. The highest BCUT2D eigenvalue weighted by Crippen LogP contribution is 2.22. The third kappa shape index (κ3) is 4.96. The monoisotopic (exact) mass is 350 g/mol. The molecule has 1 N–H and O–H groups in total. The predicted molar refractivity (Wildman–Crippen MR) is 97.5 cm³/mol. The highest BCUT2D eigenvalue weighted by molar-refractivity contribution is 6.37. The van der Waals surface area contributed by atoms with E-state index >= 15 is 0 Å². The van der Waals surface area contributed by atoms with Crippen LogP contribution >= 0.6 is 23.2 Å². The van der Waals surface area contributed by atoms with Gasteiger partial charge in [-0.2, -0.15) is 0 Å². The zero-order valence-corrected chi connectivity index (χ0v) is 14.8. The molecule has 0 aliphatic heterocycles. The number of anilines is 1. The smallest absolute Gasteiger partial charge is 0.257 e. The van der Waals surface area contributed by atoms with Crippen molar-refractivity contribution in [1.29, 1.82) is 0 Å². The van der Waals surface area contributed by atoms with Crippen LogP contribution in [0.25, 0.3) is 0 Å². The Hall–Kier alpha value is -1.55. The van der Waals surface area contributed by atoms with E-state index in [-0.39, 0.29) is 5.91 Å². The van der Waals surface area contributed by atoms with E-state index in [1.54, 1.807) is 18.2 Å². The fourth-order valence-electron chi connectivity index (χ4n) is 2.27. The van der Waals surface area contributed by atoms with Gasteiger partial charge in [0.1, 0.15) is 0 Å². The second-order valence-electron chi connectivity index (χ2n) is 5.24. The van der Waals surface area contributed by atoms with Gasteiger partial charge in [0.05, 0.1) is 10.6 Å². The molecule has 0 spiro atoms. The molecular weight excluding hydrogens is 331 g/mol. The summed E-state index contributed by atoms with van der Waals surface area (Å²) in [5, 5.41) is 3.69. The van der Waals surface area contributed by atoms with Crippen LogP contribution in [0.2, 0.25) is 10.0 Å². The van der Waals surface area contributed by atoms with Crippen molar-refractivity contribution in [3.8, 4) is 0 Å². The molecule has 0 atom stereocenters. The van der Waals surface area contributed by atoms with Gasteiger partial charge in [-0.15, -0.1) is 0 Å². The maximum atomic E-state index is 12.3. The van der Waals surface area contributed by atoms with E-state index < -0.39 is 0 Å². The van der Waals surface area contributed by atoms with Crippen molar-refractivity contribution in [1.82, 2.24) is 4.90 Å². The fraction of sp³-hybridized carbons (Fsp3) is 0.278. The van der Waals surface area contributed by atoms with Crippen molar-refractivity contribution >= 4 is 34.8 Å². The Balaban J connectivity index is 2.04. The molecule has 2 aromatic carbocycles. The molecule has 0 bridgehead atoms. The number of carbonyl (C=O) groups excluding carboxylic acids is 1. The van der Waals surface area contributed by atoms with E-state index in [1.165, 1.54) is 5.56 Å². The third-order valence-electron chi connectivity index (χ3n) is 3.69. The molecule has 0 aliphatic carbocycles. The molecule has 0 aliphatic rings. The number of rotatable bonds is 6. The van der Waals surface area contributed by atoms with Crippen molar-refractivity contribution in [2.75, 3.05) is 18.4 Å². The first kappa shape index (κ1) is 17.8. The number of nitrogens with one attached hydrogen (secondary N) is 1. The van der Waals surface area contributed by atoms with Gasteiger partial charge in [-0.3, -0.25) is 9.69 Å². The predicted octanol–water partition coefficient (Wildman–Crippen LogP) is 5.09. The number of carbonyl (C=O) groups is 1. The topological polar surface area (TPSA) is 32.3 Å². The molecule has 5 heteroatoms. The van der Waals surface area contributed by atoms with Gasteiger partial charge in [0.25, 0.3) is 5.91 Å². The summed E-state index contributed by atoms with van der Waals surface area (Å²) in [6.45, 7) is 7.24. The second-order valence-corrected chi connectivity index (χ2v) is 6.08. The van der Waals surface area contributed by atoms with Crippen LogP contribution in [0, 0.1) is 0 Å². The van der Waals surface area contributed by atoms with E-state index in [0.29, 0.717) is 15.6 Å². The van der Waals surface area contributed by atoms with Gasteiger partial charge in [-0.25, -0.2) is 0 Å². The zero-order chi connectivity index (χ0) is 16.8. The Bertz CT molecular complexity index is 667. The summed E-state index contributed by atoms with van der Waals surface area (Å²) in [6, 6.07) is 12.7. The van der Waals surface area contributed by atoms with Crippen LogP contribution in [-0.4, -0.2) is 23.9 Å². The molecule has 0 fully saturated rings. The minimum atomic E-state index is -0.247. The Morgan fingerprint density at radius 1 is 1.04 bits per heavy atom. The summed E-state index contributed by atoms with van der Waals surface area (Å²) in [5.41, 5.74) is 2.36. The molecule has 0 aromatic heterocycles. The highest BCUT2D eigenvalue weighted by atomic mass is 35.5. The van der Waals surface area contributed by atoms with Crippen molar-refractivity contribution in [3.05, 3.63) is 63.6 Å². The number of amides is 1. The lowest BCUT2D eigenvalue weighted by molar-refractivity contribution is 0.102. The Labute approximate surface area is 147 Å². The number of nitrogens with zero attached hydrogens (tertiary/aromatic N) is 1. The number of hydrogen-bond donors (Lipinski definition) is 1. The van der Waals surface area contributed by atoms with Crippen molar-refractivity contribution < 1.29 is 4.79 Å². The lowest BCUT2D eigenvalue weighted by atomic mass is 10.1. The number of halogens is 2. The van der Waals surface area contributed by atoms with E-state index in [1.807, 2.05) is 24.3 Å². The van der Waals surface area contributed by atoms with Crippen LogP contribution in [0.4, 0.5) is 5.69 Å². The number of benzene rings is 2. The average molecular weight is 351 g/mol. The summed E-state index contributed by atoms with van der Waals surface area (Å²) in [4.78, 5) is 14.6. The quantitative estimate of drug-likeness (QED) is 0.786. The molecule has 1 amide bonds. The first-order chi connectivity index (χ1) is 11.0. The molecule has 0 saturated carbocycles. The van der Waals surface area contributed by atoms with Crippen molar-refractivity contribution in [2.24, 2.45) is 0 Å². The Kier molecular flexibility index (Phi) is 6.46. The lowest BCUT2D eigenvalue weighted by Gasteiger charge is -2.18. The average Bonchev–Trinajstić information content (AvgIpc) is 2.54. The Morgan fingerprint density at radius 3 is 2.26 bits per heavy atom. The van der Waals surface area contributed by atoms with Gasteiger partial charge in [-0.05, 0) is 49.0 Å². The lowest BCUT2D eigenvalue weighted by Crippen LogP contribution is -2.22. The molecule has 2 aromatic rings. The first-order valence-electron chi connectivity index (χ1n) is 7.61. The summed E-state index contributed by atoms with van der Waals surface area (Å²) >= 11 is 11.9. The van der Waals surface area contributed by atoms with Gasteiger partial charge in [0.2, 0.25) is 0 Å². The van der Waals surface area contributed by atoms with Gasteiger partial charge in [-0.1, -0.05) is 49.2 Å². The van der Waals surface area contributed by atoms with Gasteiger partial charge in [0.15, 0.2) is 0 Å². The Morgan fingerprint density at radius 2 is 1.70 bits per heavy atom. The standard InChI is InChI=1S/C18H20Cl2N2O/c1-3-22(4-2)12-13-5-8-15(9-6-13)21-18(23)16-10-7-14(19)11-17(16)20/h5-11H,3-4,12H2,1-2H3,(H,21,23). The molecular formula is C18H20Cl2N2O. The minimum Gasteiger partial charge on any atom is -0.322 e. The minimum absolute atomic E-state index is 0.247. The first-order valence-corrected chi connectivity index (χ1v) is 8.36. The zero-order valence-electron chi connectivity index (χ0n) is 13.3. The van der Waals surface area contributed by atoms with Crippen LogP contribution in [0.1, 0.15) is 29.8 Å². The fourth-order valence-corrected chi connectivity index (χ4v) is 2.77. The largest absolute Gasteiger partial charge is 0.322 e. The molecule has 3 nitrogen and oxygen atoms in total. The molecule has 0 unspecified atom stereocenters. The molecule has 122 valence electrons. The summed E-state index contributed by atoms with van der Waals surface area (Å²) in [7, 11) is 0. The maximum Gasteiger partial charge on any atom is 0.257 e. The molecule has 0 heterocycles. The van der Waals surface area contributed by atoms with Crippen molar-refractivity contribution in [2.45, 2.75) is 20.4 Å². The molecule has 0 radical (unpaired) electrons. The molecule has 23 heavy (non-hydrogen) atoms. The van der Waals surface area contributed by atoms with Crippen LogP contribution in [-0.2, 0) is 6.54 Å². The van der Waals surface area contributed by atoms with E-state index in [0.717, 1.165) is 25.3 Å². The van der Waals surface area contributed by atoms with Gasteiger partial charge < -0.3 is 5.32 Å². The van der Waals surface area contributed by atoms with Crippen LogP contribution in [0.5, 0.6) is 0 Å². The summed E-state index contributed by atoms with van der Waals surface area (Å²) in [6.07, 6.45) is 0. The maximum absolute atomic E-state index is 12.3. The van der Waals surface area contributed by atoms with Gasteiger partial charge >= 0.3 is 0 Å². The van der Waals surface area contributed by atoms with Crippen LogP contribution < -0.4 is 5.32 Å². The third-order valence-corrected chi connectivity index (χ3v) is 4.24. The van der Waals surface area contributed by atoms with Crippen LogP contribution in [0.15, 0.2) is 42.5 Å². The SMILES string of the molecule is CCN(CC)Cc1ccc(NC(=O)c2ccc(Cl)cc2Cl)cc1. The normalized spacial score (nSPS) is 10.8. The summed E-state index contributed by atoms with van der Waals surface area (Å²) < 4.78 is 0. The van der Waals surface area contributed by atoms with Crippen molar-refractivity contribution in [3.63, 3.8) is 0 Å².